The fourth-order valence-corrected chi connectivity index (χ4v) is 4.26. The van der Waals surface area contributed by atoms with E-state index >= 15 is 0 Å². The number of thiophene rings is 1. The van der Waals surface area contributed by atoms with Crippen molar-refractivity contribution >= 4 is 52.0 Å². The van der Waals surface area contributed by atoms with E-state index in [9.17, 15) is 14.9 Å². The first-order chi connectivity index (χ1) is 12.5. The van der Waals surface area contributed by atoms with Crippen LogP contribution in [-0.2, 0) is 5.75 Å². The Morgan fingerprint density at radius 3 is 2.73 bits per heavy atom. The third kappa shape index (κ3) is 4.43. The highest BCUT2D eigenvalue weighted by Crippen LogP contribution is 2.30. The van der Waals surface area contributed by atoms with Crippen LogP contribution < -0.4 is 5.32 Å². The quantitative estimate of drug-likeness (QED) is 0.317. The number of anilines is 1. The number of thioether (sulfide) groups is 1. The molecule has 8 heteroatoms. The van der Waals surface area contributed by atoms with Crippen LogP contribution in [0.5, 0.6) is 0 Å². The average molecular weight is 405 g/mol. The van der Waals surface area contributed by atoms with Crippen LogP contribution in [0.15, 0.2) is 64.9 Å². The molecule has 3 rings (SSSR count). The Morgan fingerprint density at radius 1 is 1.19 bits per heavy atom. The molecule has 26 heavy (non-hydrogen) atoms. The van der Waals surface area contributed by atoms with Crippen LogP contribution in [-0.4, -0.2) is 10.8 Å². The summed E-state index contributed by atoms with van der Waals surface area (Å²) in [7, 11) is 0. The Balaban J connectivity index is 1.78. The maximum Gasteiger partial charge on any atom is 0.289 e. The Labute approximate surface area is 163 Å². The van der Waals surface area contributed by atoms with Crippen molar-refractivity contribution in [3.05, 3.63) is 85.6 Å². The maximum absolute atomic E-state index is 12.6. The second kappa shape index (κ2) is 8.35. The maximum atomic E-state index is 12.6. The van der Waals surface area contributed by atoms with Gasteiger partial charge < -0.3 is 5.32 Å². The molecule has 0 radical (unpaired) electrons. The molecule has 132 valence electrons. The smallest absolute Gasteiger partial charge is 0.289 e. The first-order valence-electron chi connectivity index (χ1n) is 7.54. The Morgan fingerprint density at radius 2 is 2.00 bits per heavy atom. The summed E-state index contributed by atoms with van der Waals surface area (Å²) in [4.78, 5) is 25.1. The normalized spacial score (nSPS) is 10.5. The van der Waals surface area contributed by atoms with E-state index in [1.165, 1.54) is 23.1 Å². The van der Waals surface area contributed by atoms with Gasteiger partial charge in [-0.2, -0.15) is 0 Å². The molecule has 1 heterocycles. The number of carbonyl (C=O) groups is 1. The van der Waals surface area contributed by atoms with Crippen LogP contribution in [0.4, 0.5) is 11.4 Å². The summed E-state index contributed by atoms with van der Waals surface area (Å²) in [5.41, 5.74) is 0.598. The molecule has 0 fully saturated rings. The SMILES string of the molecule is O=C(Nc1ccc(Cl)c([N+](=O)[O-])c1)c1ccccc1SCc1cccs1. The number of halogens is 1. The Kier molecular flexibility index (Phi) is 5.92. The van der Waals surface area contributed by atoms with Gasteiger partial charge in [0.2, 0.25) is 0 Å². The number of nitro benzene ring substituents is 1. The van der Waals surface area contributed by atoms with Crippen molar-refractivity contribution in [3.63, 3.8) is 0 Å². The minimum atomic E-state index is -0.581. The molecule has 0 spiro atoms. The molecule has 0 bridgehead atoms. The van der Waals surface area contributed by atoms with Crippen LogP contribution in [0.3, 0.4) is 0 Å². The predicted molar refractivity (Wildman–Crippen MR) is 106 cm³/mol. The monoisotopic (exact) mass is 404 g/mol. The van der Waals surface area contributed by atoms with Gasteiger partial charge in [-0.25, -0.2) is 0 Å². The summed E-state index contributed by atoms with van der Waals surface area (Å²) in [6.07, 6.45) is 0. The molecule has 2 aromatic carbocycles. The molecule has 5 nitrogen and oxygen atoms in total. The lowest BCUT2D eigenvalue weighted by atomic mass is 10.2. The molecule has 0 aliphatic carbocycles. The van der Waals surface area contributed by atoms with Gasteiger partial charge in [0.25, 0.3) is 11.6 Å². The van der Waals surface area contributed by atoms with Gasteiger partial charge in [-0.3, -0.25) is 14.9 Å². The number of rotatable bonds is 6. The predicted octanol–water partition coefficient (Wildman–Crippen LogP) is 5.85. The highest BCUT2D eigenvalue weighted by Gasteiger charge is 2.16. The zero-order chi connectivity index (χ0) is 18.5. The Bertz CT molecular complexity index is 945. The van der Waals surface area contributed by atoms with Crippen molar-refractivity contribution in [1.82, 2.24) is 0 Å². The van der Waals surface area contributed by atoms with Gasteiger partial charge in [0.05, 0.1) is 10.5 Å². The van der Waals surface area contributed by atoms with Gasteiger partial charge in [-0.15, -0.1) is 23.1 Å². The van der Waals surface area contributed by atoms with Gasteiger partial charge in [-0.05, 0) is 35.7 Å². The van der Waals surface area contributed by atoms with Crippen LogP contribution in [0.2, 0.25) is 5.02 Å². The van der Waals surface area contributed by atoms with Crippen LogP contribution in [0.1, 0.15) is 15.2 Å². The van der Waals surface area contributed by atoms with Crippen molar-refractivity contribution in [2.75, 3.05) is 5.32 Å². The lowest BCUT2D eigenvalue weighted by Gasteiger charge is -2.10. The first kappa shape index (κ1) is 18.4. The van der Waals surface area contributed by atoms with Crippen LogP contribution >= 0.6 is 34.7 Å². The fraction of sp³-hybridized carbons (Fsp3) is 0.0556. The molecular formula is C18H13ClN2O3S2. The number of amides is 1. The van der Waals surface area contributed by atoms with Crippen molar-refractivity contribution in [2.24, 2.45) is 0 Å². The van der Waals surface area contributed by atoms with E-state index in [4.69, 9.17) is 11.6 Å². The second-order valence-electron chi connectivity index (χ2n) is 5.24. The topological polar surface area (TPSA) is 72.2 Å². The number of nitrogens with zero attached hydrogens (tertiary/aromatic N) is 1. The van der Waals surface area contributed by atoms with Crippen molar-refractivity contribution in [2.45, 2.75) is 10.6 Å². The van der Waals surface area contributed by atoms with Gasteiger partial charge in [0.1, 0.15) is 5.02 Å². The molecule has 0 atom stereocenters. The van der Waals surface area contributed by atoms with Crippen molar-refractivity contribution < 1.29 is 9.72 Å². The van der Waals surface area contributed by atoms with Gasteiger partial charge in [0, 0.05) is 27.3 Å². The van der Waals surface area contributed by atoms with Crippen LogP contribution in [0.25, 0.3) is 0 Å². The number of hydrogen-bond acceptors (Lipinski definition) is 5. The molecule has 0 aliphatic rings. The number of nitro groups is 1. The number of nitrogens with one attached hydrogen (secondary N) is 1. The van der Waals surface area contributed by atoms with E-state index in [2.05, 4.69) is 5.32 Å². The Hall–Kier alpha value is -2.35. The van der Waals surface area contributed by atoms with E-state index in [0.29, 0.717) is 11.3 Å². The minimum absolute atomic E-state index is 0.0277. The minimum Gasteiger partial charge on any atom is -0.322 e. The summed E-state index contributed by atoms with van der Waals surface area (Å²) in [6.45, 7) is 0. The molecule has 1 aromatic heterocycles. The third-order valence-electron chi connectivity index (χ3n) is 3.48. The standard InChI is InChI=1S/C18H13ClN2O3S2/c19-15-8-7-12(10-16(15)21(23)24)20-18(22)14-5-1-2-6-17(14)26-11-13-4-3-9-25-13/h1-10H,11H2,(H,20,22). The highest BCUT2D eigenvalue weighted by atomic mass is 35.5. The molecule has 0 saturated heterocycles. The zero-order valence-corrected chi connectivity index (χ0v) is 15.7. The largest absolute Gasteiger partial charge is 0.322 e. The third-order valence-corrected chi connectivity index (χ3v) is 5.98. The lowest BCUT2D eigenvalue weighted by Crippen LogP contribution is -2.13. The molecule has 0 unspecified atom stereocenters. The lowest BCUT2D eigenvalue weighted by molar-refractivity contribution is -0.384. The van der Waals surface area contributed by atoms with Gasteiger partial charge in [-0.1, -0.05) is 29.8 Å². The van der Waals surface area contributed by atoms with E-state index in [1.807, 2.05) is 29.6 Å². The summed E-state index contributed by atoms with van der Waals surface area (Å²) >= 11 is 9.04. The zero-order valence-electron chi connectivity index (χ0n) is 13.3. The fourth-order valence-electron chi connectivity index (χ4n) is 2.25. The summed E-state index contributed by atoms with van der Waals surface area (Å²) < 4.78 is 0. The molecular weight excluding hydrogens is 392 g/mol. The summed E-state index contributed by atoms with van der Waals surface area (Å²) in [6, 6.07) is 15.5. The average Bonchev–Trinajstić information content (AvgIpc) is 3.15. The molecule has 0 aliphatic heterocycles. The molecule has 3 aromatic rings. The van der Waals surface area contributed by atoms with E-state index < -0.39 is 4.92 Å². The van der Waals surface area contributed by atoms with Gasteiger partial charge in [0.15, 0.2) is 0 Å². The van der Waals surface area contributed by atoms with Crippen molar-refractivity contribution in [1.29, 1.82) is 0 Å². The van der Waals surface area contributed by atoms with Crippen LogP contribution in [0, 0.1) is 10.1 Å². The molecule has 0 saturated carbocycles. The highest BCUT2D eigenvalue weighted by molar-refractivity contribution is 7.98. The summed E-state index contributed by atoms with van der Waals surface area (Å²) in [5, 5.41) is 15.7. The number of carbonyl (C=O) groups excluding carboxylic acids is 1. The van der Waals surface area contributed by atoms with Crippen molar-refractivity contribution in [3.8, 4) is 0 Å². The molecule has 1 N–H and O–H groups in total. The molecule has 1 amide bonds. The summed E-state index contributed by atoms with van der Waals surface area (Å²) in [5.74, 6) is 0.449. The second-order valence-corrected chi connectivity index (χ2v) is 7.70. The van der Waals surface area contributed by atoms with Gasteiger partial charge >= 0.3 is 0 Å². The van der Waals surface area contributed by atoms with E-state index in [1.54, 1.807) is 35.2 Å². The number of hydrogen-bond donors (Lipinski definition) is 1. The first-order valence-corrected chi connectivity index (χ1v) is 9.78. The van der Waals surface area contributed by atoms with E-state index in [-0.39, 0.29) is 16.6 Å². The number of benzene rings is 2. The van der Waals surface area contributed by atoms with E-state index in [0.717, 1.165) is 10.6 Å².